The van der Waals surface area contributed by atoms with E-state index in [9.17, 15) is 29.6 Å². The molecule has 0 aliphatic carbocycles. The van der Waals surface area contributed by atoms with Gasteiger partial charge in [-0.2, -0.15) is 0 Å². The van der Waals surface area contributed by atoms with Gasteiger partial charge in [-0.3, -0.25) is 25.0 Å². The molecule has 1 amide bonds. The lowest BCUT2D eigenvalue weighted by Gasteiger charge is -2.33. The Balaban J connectivity index is 2.40. The molecule has 2 aromatic carbocycles. The summed E-state index contributed by atoms with van der Waals surface area (Å²) in [5.74, 6) is -2.14. The number of amides is 1. The monoisotopic (exact) mass is 529 g/mol. The molecule has 11 nitrogen and oxygen atoms in total. The normalized spacial score (nSPS) is 13.6. The molecule has 0 heterocycles. The minimum Gasteiger partial charge on any atom is -0.464 e. The van der Waals surface area contributed by atoms with Crippen LogP contribution >= 0.6 is 0 Å². The Morgan fingerprint density at radius 2 is 1.68 bits per heavy atom. The Kier molecular flexibility index (Phi) is 10.9. The standard InChI is InChI=1S/C27H35N3O8/c1-6-37-26(34)23(24(32)19-14-10-11-15-21(19)30(35)36)29(5)25(33)20(16-18-12-8-7-9-13-18)28-17-22(31)38-27(2,3)4/h7-15,20,23-24,28,32H,6,16-17H2,1-5H3. The van der Waals surface area contributed by atoms with E-state index in [0.717, 1.165) is 10.5 Å². The van der Waals surface area contributed by atoms with Crippen molar-refractivity contribution in [2.45, 2.75) is 57.9 Å². The summed E-state index contributed by atoms with van der Waals surface area (Å²) >= 11 is 0. The highest BCUT2D eigenvalue weighted by atomic mass is 16.6. The van der Waals surface area contributed by atoms with Gasteiger partial charge in [-0.15, -0.1) is 0 Å². The van der Waals surface area contributed by atoms with Crippen molar-refractivity contribution in [3.05, 3.63) is 75.8 Å². The third kappa shape index (κ3) is 8.63. The first-order valence-electron chi connectivity index (χ1n) is 12.2. The first-order chi connectivity index (χ1) is 17.9. The lowest BCUT2D eigenvalue weighted by molar-refractivity contribution is -0.386. The fourth-order valence-corrected chi connectivity index (χ4v) is 3.86. The molecule has 0 aromatic heterocycles. The first kappa shape index (κ1) is 30.4. The lowest BCUT2D eigenvalue weighted by Crippen LogP contribution is -2.55. The number of rotatable bonds is 12. The molecule has 206 valence electrons. The van der Waals surface area contributed by atoms with Crippen molar-refractivity contribution >= 4 is 23.5 Å². The van der Waals surface area contributed by atoms with Crippen LogP contribution in [0, 0.1) is 10.1 Å². The second kappa shape index (κ2) is 13.6. The van der Waals surface area contributed by atoms with Gasteiger partial charge in [-0.1, -0.05) is 42.5 Å². The molecule has 3 atom stereocenters. The van der Waals surface area contributed by atoms with Crippen LogP contribution in [0.4, 0.5) is 5.69 Å². The van der Waals surface area contributed by atoms with E-state index < -0.39 is 52.2 Å². The number of para-hydroxylation sites is 1. The van der Waals surface area contributed by atoms with Crippen LogP contribution < -0.4 is 5.32 Å². The van der Waals surface area contributed by atoms with Crippen LogP contribution in [0.15, 0.2) is 54.6 Å². The zero-order valence-corrected chi connectivity index (χ0v) is 22.2. The number of carbonyl (C=O) groups is 3. The van der Waals surface area contributed by atoms with E-state index in [2.05, 4.69) is 5.32 Å². The Morgan fingerprint density at radius 1 is 1.08 bits per heavy atom. The van der Waals surface area contributed by atoms with Gasteiger partial charge in [0.15, 0.2) is 6.04 Å². The number of likely N-dealkylation sites (N-methyl/N-ethyl adjacent to an activating group) is 1. The SMILES string of the molecule is CCOC(=O)C(C(O)c1ccccc1[N+](=O)[O-])N(C)C(=O)C(Cc1ccccc1)NCC(=O)OC(C)(C)C. The van der Waals surface area contributed by atoms with Gasteiger partial charge in [0.05, 0.1) is 29.7 Å². The molecule has 2 rings (SSSR count). The van der Waals surface area contributed by atoms with Gasteiger partial charge in [0, 0.05) is 13.1 Å². The maximum atomic E-state index is 13.7. The number of hydrogen-bond donors (Lipinski definition) is 2. The van der Waals surface area contributed by atoms with Crippen LogP contribution in [-0.4, -0.2) is 70.7 Å². The highest BCUT2D eigenvalue weighted by Crippen LogP contribution is 2.30. The molecule has 3 unspecified atom stereocenters. The van der Waals surface area contributed by atoms with Gasteiger partial charge in [-0.25, -0.2) is 4.79 Å². The third-order valence-electron chi connectivity index (χ3n) is 5.54. The van der Waals surface area contributed by atoms with Gasteiger partial charge in [0.2, 0.25) is 5.91 Å². The second-order valence-corrected chi connectivity index (χ2v) is 9.62. The summed E-state index contributed by atoms with van der Waals surface area (Å²) < 4.78 is 10.4. The number of ether oxygens (including phenoxy) is 2. The topological polar surface area (TPSA) is 148 Å². The maximum Gasteiger partial charge on any atom is 0.331 e. The zero-order valence-electron chi connectivity index (χ0n) is 22.2. The van der Waals surface area contributed by atoms with Crippen LogP contribution in [0.2, 0.25) is 0 Å². The van der Waals surface area contributed by atoms with Crippen LogP contribution in [-0.2, 0) is 30.3 Å². The molecule has 11 heteroatoms. The van der Waals surface area contributed by atoms with E-state index in [1.54, 1.807) is 52.0 Å². The number of nitro groups is 1. The fourth-order valence-electron chi connectivity index (χ4n) is 3.86. The lowest BCUT2D eigenvalue weighted by atomic mass is 9.98. The first-order valence-corrected chi connectivity index (χ1v) is 12.2. The molecule has 2 N–H and O–H groups in total. The predicted molar refractivity (Wildman–Crippen MR) is 139 cm³/mol. The summed E-state index contributed by atoms with van der Waals surface area (Å²) in [6, 6.07) is 11.9. The predicted octanol–water partition coefficient (Wildman–Crippen LogP) is 2.56. The molecule has 0 aliphatic rings. The highest BCUT2D eigenvalue weighted by Gasteiger charge is 2.40. The summed E-state index contributed by atoms with van der Waals surface area (Å²) in [7, 11) is 1.30. The van der Waals surface area contributed by atoms with Crippen LogP contribution in [0.3, 0.4) is 0 Å². The third-order valence-corrected chi connectivity index (χ3v) is 5.54. The minimum atomic E-state index is -1.76. The van der Waals surface area contributed by atoms with Crippen molar-refractivity contribution in [1.29, 1.82) is 0 Å². The average molecular weight is 530 g/mol. The van der Waals surface area contributed by atoms with Crippen molar-refractivity contribution < 1.29 is 33.9 Å². The van der Waals surface area contributed by atoms with Gasteiger partial charge < -0.3 is 19.5 Å². The van der Waals surface area contributed by atoms with Gasteiger partial charge in [-0.05, 0) is 45.7 Å². The summed E-state index contributed by atoms with van der Waals surface area (Å²) in [5.41, 5.74) is -0.490. The summed E-state index contributed by atoms with van der Waals surface area (Å²) in [6.45, 7) is 6.41. The number of benzene rings is 2. The van der Waals surface area contributed by atoms with Crippen molar-refractivity contribution in [1.82, 2.24) is 10.2 Å². The molecule has 2 aromatic rings. The Bertz CT molecular complexity index is 1120. The Hall–Kier alpha value is -3.83. The van der Waals surface area contributed by atoms with Crippen molar-refractivity contribution in [2.75, 3.05) is 20.2 Å². The molecule has 0 bridgehead atoms. The second-order valence-electron chi connectivity index (χ2n) is 9.62. The maximum absolute atomic E-state index is 13.7. The zero-order chi connectivity index (χ0) is 28.5. The quantitative estimate of drug-likeness (QED) is 0.240. The van der Waals surface area contributed by atoms with Crippen molar-refractivity contribution in [2.24, 2.45) is 0 Å². The molecular formula is C27H35N3O8. The van der Waals surface area contributed by atoms with E-state index in [4.69, 9.17) is 9.47 Å². The Labute approximate surface area is 221 Å². The van der Waals surface area contributed by atoms with E-state index in [1.165, 1.54) is 31.3 Å². The summed E-state index contributed by atoms with van der Waals surface area (Å²) in [4.78, 5) is 50.9. The van der Waals surface area contributed by atoms with Crippen molar-refractivity contribution in [3.8, 4) is 0 Å². The van der Waals surface area contributed by atoms with E-state index in [-0.39, 0.29) is 25.1 Å². The molecule has 0 saturated carbocycles. The summed E-state index contributed by atoms with van der Waals surface area (Å²) in [6.07, 6.45) is -1.60. The minimum absolute atomic E-state index is 0.0364. The van der Waals surface area contributed by atoms with Gasteiger partial charge >= 0.3 is 11.9 Å². The van der Waals surface area contributed by atoms with Crippen LogP contribution in [0.25, 0.3) is 0 Å². The molecule has 0 fully saturated rings. The van der Waals surface area contributed by atoms with Crippen molar-refractivity contribution in [3.63, 3.8) is 0 Å². The number of carbonyl (C=O) groups excluding carboxylic acids is 3. The fraction of sp³-hybridized carbons (Fsp3) is 0.444. The Morgan fingerprint density at radius 3 is 2.26 bits per heavy atom. The number of nitro benzene ring substituents is 1. The number of esters is 2. The van der Waals surface area contributed by atoms with Gasteiger partial charge in [0.1, 0.15) is 11.7 Å². The molecule has 0 spiro atoms. The number of aliphatic hydroxyl groups excluding tert-OH is 1. The van der Waals surface area contributed by atoms with Crippen LogP contribution in [0.5, 0.6) is 0 Å². The largest absolute Gasteiger partial charge is 0.464 e. The number of nitrogens with zero attached hydrogens (tertiary/aromatic N) is 2. The van der Waals surface area contributed by atoms with E-state index in [0.29, 0.717) is 0 Å². The average Bonchev–Trinajstić information content (AvgIpc) is 2.85. The molecule has 0 radical (unpaired) electrons. The molecule has 38 heavy (non-hydrogen) atoms. The van der Waals surface area contributed by atoms with E-state index in [1.807, 2.05) is 6.07 Å². The van der Waals surface area contributed by atoms with E-state index >= 15 is 0 Å². The number of nitrogens with one attached hydrogen (secondary N) is 1. The number of aliphatic hydroxyl groups is 1. The smallest absolute Gasteiger partial charge is 0.331 e. The van der Waals surface area contributed by atoms with Gasteiger partial charge in [0.25, 0.3) is 5.69 Å². The summed E-state index contributed by atoms with van der Waals surface area (Å²) in [5, 5.41) is 25.6. The molecule has 0 saturated heterocycles. The molecule has 0 aliphatic heterocycles. The molecular weight excluding hydrogens is 494 g/mol. The number of hydrogen-bond acceptors (Lipinski definition) is 9. The highest BCUT2D eigenvalue weighted by molar-refractivity contribution is 5.88. The van der Waals surface area contributed by atoms with Crippen LogP contribution in [0.1, 0.15) is 44.9 Å².